The highest BCUT2D eigenvalue weighted by Gasteiger charge is 2.40. The Labute approximate surface area is 119 Å². The summed E-state index contributed by atoms with van der Waals surface area (Å²) in [5.74, 6) is 1.74. The van der Waals surface area contributed by atoms with Crippen molar-refractivity contribution in [1.82, 2.24) is 5.32 Å². The van der Waals surface area contributed by atoms with Gasteiger partial charge in [-0.2, -0.15) is 0 Å². The number of nitrogens with one attached hydrogen (secondary N) is 1. The van der Waals surface area contributed by atoms with E-state index in [0.29, 0.717) is 11.5 Å². The molecule has 2 heteroatoms. The van der Waals surface area contributed by atoms with E-state index in [4.69, 9.17) is 4.74 Å². The summed E-state index contributed by atoms with van der Waals surface area (Å²) in [4.78, 5) is 0. The molecule has 1 aliphatic carbocycles. The van der Waals surface area contributed by atoms with E-state index in [1.807, 2.05) is 0 Å². The smallest absolute Gasteiger partial charge is 0.0576 e. The quantitative estimate of drug-likeness (QED) is 0.682. The van der Waals surface area contributed by atoms with Crippen molar-refractivity contribution in [2.45, 2.75) is 71.8 Å². The first-order chi connectivity index (χ1) is 9.10. The summed E-state index contributed by atoms with van der Waals surface area (Å²) in [7, 11) is 0. The van der Waals surface area contributed by atoms with Crippen LogP contribution < -0.4 is 5.32 Å². The van der Waals surface area contributed by atoms with Crippen molar-refractivity contribution < 1.29 is 4.74 Å². The fraction of sp³-hybridized carbons (Fsp3) is 1.00. The van der Waals surface area contributed by atoms with E-state index in [9.17, 15) is 0 Å². The first kappa shape index (κ1) is 15.3. The molecule has 1 saturated carbocycles. The Morgan fingerprint density at radius 1 is 1.26 bits per heavy atom. The Morgan fingerprint density at radius 2 is 2.05 bits per heavy atom. The van der Waals surface area contributed by atoms with Crippen LogP contribution in [0.25, 0.3) is 0 Å². The lowest BCUT2D eigenvalue weighted by Crippen LogP contribution is -2.35. The van der Waals surface area contributed by atoms with E-state index in [1.165, 1.54) is 51.5 Å². The molecule has 2 aliphatic rings. The average Bonchev–Trinajstić information content (AvgIpc) is 3.09. The predicted octanol–water partition coefficient (Wildman–Crippen LogP) is 4.00. The van der Waals surface area contributed by atoms with Crippen molar-refractivity contribution in [3.8, 4) is 0 Å². The molecule has 0 spiro atoms. The van der Waals surface area contributed by atoms with Gasteiger partial charge in [0.15, 0.2) is 0 Å². The minimum absolute atomic E-state index is 0.535. The monoisotopic (exact) mass is 267 g/mol. The summed E-state index contributed by atoms with van der Waals surface area (Å²) in [6.07, 6.45) is 10.1. The van der Waals surface area contributed by atoms with Crippen LogP contribution in [-0.4, -0.2) is 25.8 Å². The Kier molecular flexibility index (Phi) is 5.70. The van der Waals surface area contributed by atoms with Crippen molar-refractivity contribution in [1.29, 1.82) is 0 Å². The minimum atomic E-state index is 0.535. The summed E-state index contributed by atoms with van der Waals surface area (Å²) in [6, 6.07) is 0. The summed E-state index contributed by atoms with van der Waals surface area (Å²) in [6.45, 7) is 10.5. The second kappa shape index (κ2) is 7.08. The van der Waals surface area contributed by atoms with Crippen molar-refractivity contribution in [3.05, 3.63) is 0 Å². The van der Waals surface area contributed by atoms with Gasteiger partial charge in [0.2, 0.25) is 0 Å². The second-order valence-corrected chi connectivity index (χ2v) is 7.48. The van der Waals surface area contributed by atoms with Gasteiger partial charge < -0.3 is 10.1 Å². The van der Waals surface area contributed by atoms with Crippen molar-refractivity contribution in [3.63, 3.8) is 0 Å². The zero-order valence-corrected chi connectivity index (χ0v) is 13.2. The molecule has 19 heavy (non-hydrogen) atoms. The number of hydrogen-bond acceptors (Lipinski definition) is 2. The summed E-state index contributed by atoms with van der Waals surface area (Å²) in [5, 5.41) is 3.69. The normalized spacial score (nSPS) is 26.8. The SMILES string of the molecule is CC(C)CNCC(C)(CCCC1CCCO1)C1CC1. The highest BCUT2D eigenvalue weighted by molar-refractivity contribution is 4.92. The number of ether oxygens (including phenoxy) is 1. The molecule has 0 radical (unpaired) electrons. The topological polar surface area (TPSA) is 21.3 Å². The highest BCUT2D eigenvalue weighted by atomic mass is 16.5. The Bertz CT molecular complexity index is 256. The molecule has 1 saturated heterocycles. The van der Waals surface area contributed by atoms with Gasteiger partial charge >= 0.3 is 0 Å². The number of rotatable bonds is 9. The molecule has 0 bridgehead atoms. The third kappa shape index (κ3) is 5.07. The van der Waals surface area contributed by atoms with Gasteiger partial charge in [0.1, 0.15) is 0 Å². The Hall–Kier alpha value is -0.0800. The fourth-order valence-electron chi connectivity index (χ4n) is 3.47. The van der Waals surface area contributed by atoms with E-state index in [-0.39, 0.29) is 0 Å². The van der Waals surface area contributed by atoms with Crippen LogP contribution in [0.1, 0.15) is 65.7 Å². The summed E-state index contributed by atoms with van der Waals surface area (Å²) in [5.41, 5.74) is 0.535. The van der Waals surface area contributed by atoms with E-state index in [1.54, 1.807) is 0 Å². The van der Waals surface area contributed by atoms with Crippen molar-refractivity contribution >= 4 is 0 Å². The van der Waals surface area contributed by atoms with E-state index >= 15 is 0 Å². The van der Waals surface area contributed by atoms with E-state index in [0.717, 1.165) is 25.0 Å². The van der Waals surface area contributed by atoms with Gasteiger partial charge in [0.05, 0.1) is 6.10 Å². The first-order valence-electron chi connectivity index (χ1n) is 8.42. The summed E-state index contributed by atoms with van der Waals surface area (Å²) < 4.78 is 5.74. The number of hydrogen-bond donors (Lipinski definition) is 1. The van der Waals surface area contributed by atoms with Gasteiger partial charge in [0, 0.05) is 13.2 Å². The van der Waals surface area contributed by atoms with Gasteiger partial charge in [0.25, 0.3) is 0 Å². The molecular weight excluding hydrogens is 234 g/mol. The largest absolute Gasteiger partial charge is 0.378 e. The van der Waals surface area contributed by atoms with E-state index in [2.05, 4.69) is 26.1 Å². The van der Waals surface area contributed by atoms with Gasteiger partial charge in [-0.1, -0.05) is 27.2 Å². The van der Waals surface area contributed by atoms with Crippen LogP contribution in [0.4, 0.5) is 0 Å². The molecule has 2 unspecified atom stereocenters. The molecule has 2 nitrogen and oxygen atoms in total. The zero-order chi connectivity index (χ0) is 13.7. The van der Waals surface area contributed by atoms with Gasteiger partial charge in [-0.15, -0.1) is 0 Å². The van der Waals surface area contributed by atoms with Crippen molar-refractivity contribution in [2.24, 2.45) is 17.3 Å². The van der Waals surface area contributed by atoms with Crippen LogP contribution >= 0.6 is 0 Å². The standard InChI is InChI=1S/C17H33NO/c1-14(2)12-18-13-17(3,15-8-9-15)10-4-6-16-7-5-11-19-16/h14-16,18H,4-13H2,1-3H3. The predicted molar refractivity (Wildman–Crippen MR) is 81.4 cm³/mol. The zero-order valence-electron chi connectivity index (χ0n) is 13.2. The van der Waals surface area contributed by atoms with Crippen LogP contribution in [0.15, 0.2) is 0 Å². The molecular formula is C17H33NO. The van der Waals surface area contributed by atoms with Crippen molar-refractivity contribution in [2.75, 3.05) is 19.7 Å². The maximum absolute atomic E-state index is 5.74. The molecule has 112 valence electrons. The first-order valence-corrected chi connectivity index (χ1v) is 8.42. The molecule has 1 aliphatic heterocycles. The molecule has 1 N–H and O–H groups in total. The third-order valence-electron chi connectivity index (χ3n) is 4.94. The third-order valence-corrected chi connectivity index (χ3v) is 4.94. The van der Waals surface area contributed by atoms with Crippen LogP contribution in [0, 0.1) is 17.3 Å². The van der Waals surface area contributed by atoms with Crippen LogP contribution in [0.5, 0.6) is 0 Å². The second-order valence-electron chi connectivity index (χ2n) is 7.48. The molecule has 0 amide bonds. The molecule has 2 atom stereocenters. The maximum Gasteiger partial charge on any atom is 0.0576 e. The minimum Gasteiger partial charge on any atom is -0.378 e. The average molecular weight is 267 g/mol. The highest BCUT2D eigenvalue weighted by Crippen LogP contribution is 2.48. The molecule has 0 aromatic rings. The van der Waals surface area contributed by atoms with Gasteiger partial charge in [-0.3, -0.25) is 0 Å². The Balaban J connectivity index is 1.68. The summed E-state index contributed by atoms with van der Waals surface area (Å²) >= 11 is 0. The lowest BCUT2D eigenvalue weighted by atomic mass is 9.79. The van der Waals surface area contributed by atoms with Crippen LogP contribution in [0.3, 0.4) is 0 Å². The molecule has 0 aromatic carbocycles. The Morgan fingerprint density at radius 3 is 2.63 bits per heavy atom. The lowest BCUT2D eigenvalue weighted by molar-refractivity contribution is 0.0964. The van der Waals surface area contributed by atoms with E-state index < -0.39 is 0 Å². The molecule has 2 rings (SSSR count). The maximum atomic E-state index is 5.74. The molecule has 1 heterocycles. The van der Waals surface area contributed by atoms with Gasteiger partial charge in [-0.05, 0) is 62.3 Å². The fourth-order valence-corrected chi connectivity index (χ4v) is 3.47. The van der Waals surface area contributed by atoms with Crippen LogP contribution in [0.2, 0.25) is 0 Å². The lowest BCUT2D eigenvalue weighted by Gasteiger charge is -2.31. The van der Waals surface area contributed by atoms with Gasteiger partial charge in [-0.25, -0.2) is 0 Å². The molecule has 2 fully saturated rings. The molecule has 0 aromatic heterocycles. The van der Waals surface area contributed by atoms with Crippen LogP contribution in [-0.2, 0) is 4.74 Å².